The van der Waals surface area contributed by atoms with Crippen molar-refractivity contribution < 1.29 is 14.3 Å². The fraction of sp³-hybridized carbons (Fsp3) is 0.364. The average Bonchev–Trinajstić information content (AvgIpc) is 2.74. The molecule has 16 heavy (non-hydrogen) atoms. The van der Waals surface area contributed by atoms with E-state index in [-0.39, 0.29) is 17.4 Å². The molecule has 1 aromatic carbocycles. The van der Waals surface area contributed by atoms with E-state index in [1.807, 2.05) is 0 Å². The summed E-state index contributed by atoms with van der Waals surface area (Å²) < 4.78 is 12.9. The Kier molecular flexibility index (Phi) is 3.05. The third-order valence-electron chi connectivity index (χ3n) is 2.60. The molecule has 86 valence electrons. The molecule has 5 heteroatoms. The van der Waals surface area contributed by atoms with Gasteiger partial charge in [-0.25, -0.2) is 4.39 Å². The second kappa shape index (κ2) is 4.49. The zero-order valence-corrected chi connectivity index (χ0v) is 8.66. The zero-order chi connectivity index (χ0) is 11.5. The largest absolute Gasteiger partial charge is 0.507 e. The van der Waals surface area contributed by atoms with Crippen LogP contribution in [0.25, 0.3) is 0 Å². The van der Waals surface area contributed by atoms with Gasteiger partial charge in [0.2, 0.25) is 0 Å². The van der Waals surface area contributed by atoms with Gasteiger partial charge in [-0.15, -0.1) is 0 Å². The number of phenols is 1. The van der Waals surface area contributed by atoms with E-state index in [1.54, 1.807) is 0 Å². The summed E-state index contributed by atoms with van der Waals surface area (Å²) in [6.07, 6.45) is 0.849. The zero-order valence-electron chi connectivity index (χ0n) is 8.66. The van der Waals surface area contributed by atoms with Crippen LogP contribution in [0.3, 0.4) is 0 Å². The summed E-state index contributed by atoms with van der Waals surface area (Å²) in [6, 6.07) is 3.38. The number of halogens is 1. The lowest BCUT2D eigenvalue weighted by Crippen LogP contribution is -2.36. The molecule has 1 fully saturated rings. The minimum atomic E-state index is -0.535. The van der Waals surface area contributed by atoms with Gasteiger partial charge in [-0.3, -0.25) is 4.79 Å². The van der Waals surface area contributed by atoms with Crippen LogP contribution in [0.15, 0.2) is 18.2 Å². The molecule has 1 aliphatic rings. The fourth-order valence-electron chi connectivity index (χ4n) is 1.73. The molecule has 1 saturated heterocycles. The van der Waals surface area contributed by atoms with Crippen LogP contribution in [-0.4, -0.2) is 30.1 Å². The van der Waals surface area contributed by atoms with Gasteiger partial charge in [0.15, 0.2) is 0 Å². The summed E-state index contributed by atoms with van der Waals surface area (Å²) in [5.41, 5.74) is -0.0214. The second-order valence-corrected chi connectivity index (χ2v) is 3.82. The summed E-state index contributed by atoms with van der Waals surface area (Å²) in [4.78, 5) is 11.7. The molecule has 1 heterocycles. The smallest absolute Gasteiger partial charge is 0.255 e. The van der Waals surface area contributed by atoms with E-state index in [4.69, 9.17) is 0 Å². The number of rotatable bonds is 2. The van der Waals surface area contributed by atoms with Gasteiger partial charge in [0.1, 0.15) is 11.6 Å². The molecule has 1 amide bonds. The molecule has 0 aromatic heterocycles. The van der Waals surface area contributed by atoms with Gasteiger partial charge in [-0.1, -0.05) is 0 Å². The maximum atomic E-state index is 12.9. The molecule has 0 spiro atoms. The summed E-state index contributed by atoms with van der Waals surface area (Å²) in [5, 5.41) is 15.3. The molecule has 1 aromatic rings. The number of phenolic OH excluding ortho intramolecular Hbond substituents is 1. The van der Waals surface area contributed by atoms with Crippen molar-refractivity contribution in [2.75, 3.05) is 13.1 Å². The van der Waals surface area contributed by atoms with Gasteiger partial charge < -0.3 is 15.7 Å². The average molecular weight is 224 g/mol. The van der Waals surface area contributed by atoms with Crippen LogP contribution in [0.1, 0.15) is 16.8 Å². The number of nitrogens with one attached hydrogen (secondary N) is 2. The standard InChI is InChI=1S/C11H13FN2O2/c12-7-1-2-10(15)9(5-7)11(16)14-8-3-4-13-6-8/h1-2,5,8,13,15H,3-4,6H2,(H,14,16)/t8-/m1/s1. The first-order valence-electron chi connectivity index (χ1n) is 5.17. The van der Waals surface area contributed by atoms with Crippen molar-refractivity contribution in [3.63, 3.8) is 0 Å². The first kappa shape index (κ1) is 10.9. The minimum absolute atomic E-state index is 0.0214. The van der Waals surface area contributed by atoms with Crippen molar-refractivity contribution >= 4 is 5.91 Å². The molecule has 0 saturated carbocycles. The number of carbonyl (C=O) groups excluding carboxylic acids is 1. The first-order chi connectivity index (χ1) is 7.66. The first-order valence-corrected chi connectivity index (χ1v) is 5.17. The maximum Gasteiger partial charge on any atom is 0.255 e. The van der Waals surface area contributed by atoms with E-state index in [2.05, 4.69) is 10.6 Å². The van der Waals surface area contributed by atoms with Crippen LogP contribution in [0.4, 0.5) is 4.39 Å². The second-order valence-electron chi connectivity index (χ2n) is 3.82. The SMILES string of the molecule is O=C(N[C@@H]1CCNC1)c1cc(F)ccc1O. The van der Waals surface area contributed by atoms with Gasteiger partial charge in [0.25, 0.3) is 5.91 Å². The summed E-state index contributed by atoms with van der Waals surface area (Å²) in [5.74, 6) is -1.18. The lowest BCUT2D eigenvalue weighted by Gasteiger charge is -2.11. The Balaban J connectivity index is 2.10. The predicted molar refractivity (Wildman–Crippen MR) is 56.8 cm³/mol. The topological polar surface area (TPSA) is 61.4 Å². The highest BCUT2D eigenvalue weighted by Crippen LogP contribution is 2.17. The van der Waals surface area contributed by atoms with Crippen LogP contribution in [0, 0.1) is 5.82 Å². The quantitative estimate of drug-likeness (QED) is 0.690. The minimum Gasteiger partial charge on any atom is -0.507 e. The molecule has 1 aliphatic heterocycles. The van der Waals surface area contributed by atoms with Gasteiger partial charge in [0, 0.05) is 12.6 Å². The predicted octanol–water partition coefficient (Wildman–Crippen LogP) is 0.623. The van der Waals surface area contributed by atoms with Crippen LogP contribution in [0.2, 0.25) is 0 Å². The Hall–Kier alpha value is -1.62. The molecule has 1 atom stereocenters. The normalized spacial score (nSPS) is 19.7. The Morgan fingerprint density at radius 3 is 3.06 bits per heavy atom. The molecule has 3 N–H and O–H groups in total. The van der Waals surface area contributed by atoms with Crippen molar-refractivity contribution in [1.82, 2.24) is 10.6 Å². The van der Waals surface area contributed by atoms with Crippen molar-refractivity contribution in [3.8, 4) is 5.75 Å². The number of carbonyl (C=O) groups is 1. The van der Waals surface area contributed by atoms with E-state index < -0.39 is 11.7 Å². The number of benzene rings is 1. The van der Waals surface area contributed by atoms with Gasteiger partial charge in [-0.2, -0.15) is 0 Å². The Morgan fingerprint density at radius 1 is 1.56 bits per heavy atom. The van der Waals surface area contributed by atoms with Crippen LogP contribution in [0.5, 0.6) is 5.75 Å². The molecule has 4 nitrogen and oxygen atoms in total. The van der Waals surface area contributed by atoms with Crippen molar-refractivity contribution in [3.05, 3.63) is 29.6 Å². The lowest BCUT2D eigenvalue weighted by atomic mass is 10.1. The summed E-state index contributed by atoms with van der Waals surface area (Å²) >= 11 is 0. The third kappa shape index (κ3) is 2.30. The molecule has 0 bridgehead atoms. The van der Waals surface area contributed by atoms with Crippen LogP contribution < -0.4 is 10.6 Å². The molecule has 0 radical (unpaired) electrons. The maximum absolute atomic E-state index is 12.9. The van der Waals surface area contributed by atoms with E-state index in [1.165, 1.54) is 6.07 Å². The van der Waals surface area contributed by atoms with Crippen LogP contribution >= 0.6 is 0 Å². The van der Waals surface area contributed by atoms with E-state index in [0.717, 1.165) is 25.1 Å². The van der Waals surface area contributed by atoms with Gasteiger partial charge >= 0.3 is 0 Å². The summed E-state index contributed by atoms with van der Waals surface area (Å²) in [6.45, 7) is 1.57. The lowest BCUT2D eigenvalue weighted by molar-refractivity contribution is 0.0937. The van der Waals surface area contributed by atoms with E-state index in [9.17, 15) is 14.3 Å². The molecular weight excluding hydrogens is 211 g/mol. The number of hydrogen-bond donors (Lipinski definition) is 3. The highest BCUT2D eigenvalue weighted by atomic mass is 19.1. The Labute approximate surface area is 92.5 Å². The Morgan fingerprint density at radius 2 is 2.38 bits per heavy atom. The third-order valence-corrected chi connectivity index (χ3v) is 2.60. The van der Waals surface area contributed by atoms with Crippen molar-refractivity contribution in [1.29, 1.82) is 0 Å². The molecule has 0 aliphatic carbocycles. The Bertz CT molecular complexity index is 403. The molecule has 0 unspecified atom stereocenters. The van der Waals surface area contributed by atoms with E-state index in [0.29, 0.717) is 6.54 Å². The van der Waals surface area contributed by atoms with Gasteiger partial charge in [-0.05, 0) is 31.2 Å². The van der Waals surface area contributed by atoms with Crippen LogP contribution in [-0.2, 0) is 0 Å². The summed E-state index contributed by atoms with van der Waals surface area (Å²) in [7, 11) is 0. The highest BCUT2D eigenvalue weighted by Gasteiger charge is 2.19. The fourth-order valence-corrected chi connectivity index (χ4v) is 1.73. The van der Waals surface area contributed by atoms with Crippen molar-refractivity contribution in [2.24, 2.45) is 0 Å². The molecular formula is C11H13FN2O2. The number of aromatic hydroxyl groups is 1. The van der Waals surface area contributed by atoms with E-state index >= 15 is 0 Å². The van der Waals surface area contributed by atoms with Gasteiger partial charge in [0.05, 0.1) is 5.56 Å². The number of hydrogen-bond acceptors (Lipinski definition) is 3. The number of amides is 1. The molecule has 2 rings (SSSR count). The monoisotopic (exact) mass is 224 g/mol. The van der Waals surface area contributed by atoms with Crippen molar-refractivity contribution in [2.45, 2.75) is 12.5 Å². The highest BCUT2D eigenvalue weighted by molar-refractivity contribution is 5.97.